The molecule has 1 unspecified atom stereocenters. The normalized spacial score (nSPS) is 18.3. The first-order valence-electron chi connectivity index (χ1n) is 10.0. The van der Waals surface area contributed by atoms with Crippen LogP contribution in [0.3, 0.4) is 0 Å². The lowest BCUT2D eigenvalue weighted by atomic mass is 9.85. The van der Waals surface area contributed by atoms with Crippen LogP contribution < -0.4 is 11.1 Å². The number of aromatic hydroxyl groups is 1. The number of carbonyl (C=O) groups excluding carboxylic acids is 1. The number of pyridine rings is 1. The third kappa shape index (κ3) is 3.46. The summed E-state index contributed by atoms with van der Waals surface area (Å²) in [6.07, 6.45) is 0.360. The van der Waals surface area contributed by atoms with E-state index in [2.05, 4.69) is 5.10 Å². The van der Waals surface area contributed by atoms with Gasteiger partial charge in [0, 0.05) is 30.9 Å². The van der Waals surface area contributed by atoms with Crippen LogP contribution in [0.1, 0.15) is 29.9 Å². The van der Waals surface area contributed by atoms with E-state index in [0.29, 0.717) is 5.56 Å². The molecule has 0 bridgehead atoms. The highest BCUT2D eigenvalue weighted by molar-refractivity contribution is 6.06. The topological polar surface area (TPSA) is 118 Å². The number of amides is 1. The molecule has 4 rings (SSSR count). The highest BCUT2D eigenvalue weighted by Gasteiger charge is 2.37. The van der Waals surface area contributed by atoms with Crippen molar-refractivity contribution in [3.05, 3.63) is 68.2 Å². The summed E-state index contributed by atoms with van der Waals surface area (Å²) in [4.78, 5) is 40.6. The summed E-state index contributed by atoms with van der Waals surface area (Å²) in [5.41, 5.74) is -1.91. The van der Waals surface area contributed by atoms with E-state index in [1.165, 1.54) is 42.4 Å². The Morgan fingerprint density at radius 3 is 2.47 bits per heavy atom. The van der Waals surface area contributed by atoms with Crippen molar-refractivity contribution in [1.82, 2.24) is 19.2 Å². The highest BCUT2D eigenvalue weighted by atomic mass is 19.1. The summed E-state index contributed by atoms with van der Waals surface area (Å²) in [6.45, 7) is 3.48. The van der Waals surface area contributed by atoms with Crippen molar-refractivity contribution in [2.75, 3.05) is 13.6 Å². The van der Waals surface area contributed by atoms with Crippen molar-refractivity contribution in [2.45, 2.75) is 33.0 Å². The summed E-state index contributed by atoms with van der Waals surface area (Å²) < 4.78 is 15.3. The molecule has 10 heteroatoms. The first-order chi connectivity index (χ1) is 15.0. The van der Waals surface area contributed by atoms with Crippen LogP contribution >= 0.6 is 0 Å². The van der Waals surface area contributed by atoms with Gasteiger partial charge in [-0.05, 0) is 17.7 Å². The Morgan fingerprint density at radius 1 is 1.16 bits per heavy atom. The van der Waals surface area contributed by atoms with Gasteiger partial charge < -0.3 is 15.1 Å². The quantitative estimate of drug-likeness (QED) is 0.610. The van der Waals surface area contributed by atoms with Crippen molar-refractivity contribution >= 4 is 16.7 Å². The maximum Gasteiger partial charge on any atom is 0.294 e. The van der Waals surface area contributed by atoms with Crippen molar-refractivity contribution in [3.8, 4) is 5.75 Å². The zero-order valence-corrected chi connectivity index (χ0v) is 17.9. The standard InChI is InChI=1S/C22H23FN4O5/c1-22(2)11-26-17(20(31)25(3)10-15(22)28)14-8-24-27(9-12-4-6-13(23)7-5-12)19(30)16(14)18(29)21(26)32/h4-8,15,28-29H,9-11H2,1-3H3. The molecular formula is C22H23FN4O5. The number of nitrogens with zero attached hydrogens (tertiary/aromatic N) is 4. The minimum absolute atomic E-state index is 0.0139. The first kappa shape index (κ1) is 21.7. The molecule has 168 valence electrons. The molecule has 3 aromatic rings. The van der Waals surface area contributed by atoms with E-state index in [4.69, 9.17) is 0 Å². The largest absolute Gasteiger partial charge is 0.502 e. The van der Waals surface area contributed by atoms with Crippen LogP contribution in [0.4, 0.5) is 4.39 Å². The van der Waals surface area contributed by atoms with Gasteiger partial charge in [-0.1, -0.05) is 26.0 Å². The van der Waals surface area contributed by atoms with Gasteiger partial charge >= 0.3 is 0 Å². The molecule has 32 heavy (non-hydrogen) atoms. The molecule has 0 aliphatic carbocycles. The average Bonchev–Trinajstić information content (AvgIpc) is 2.74. The number of aromatic nitrogens is 3. The summed E-state index contributed by atoms with van der Waals surface area (Å²) in [5.74, 6) is -1.78. The van der Waals surface area contributed by atoms with E-state index in [9.17, 15) is 29.0 Å². The number of aliphatic hydroxyl groups excluding tert-OH is 1. The SMILES string of the molecule is CN1CC(O)C(C)(C)Cn2c(c3cnn(Cc4ccc(F)cc4)c(=O)c3c(O)c2=O)C1=O. The first-order valence-corrected chi connectivity index (χ1v) is 10.0. The average molecular weight is 442 g/mol. The van der Waals surface area contributed by atoms with Gasteiger partial charge in [0.15, 0.2) is 5.75 Å². The Kier molecular flexibility index (Phi) is 5.12. The molecule has 1 aromatic carbocycles. The van der Waals surface area contributed by atoms with Gasteiger partial charge in [-0.2, -0.15) is 5.10 Å². The number of carbonyl (C=O) groups is 1. The van der Waals surface area contributed by atoms with E-state index in [1.54, 1.807) is 13.8 Å². The molecule has 0 saturated heterocycles. The maximum absolute atomic E-state index is 13.2. The predicted molar refractivity (Wildman–Crippen MR) is 114 cm³/mol. The molecule has 2 aromatic heterocycles. The minimum Gasteiger partial charge on any atom is -0.502 e. The third-order valence-electron chi connectivity index (χ3n) is 5.96. The fourth-order valence-corrected chi connectivity index (χ4v) is 3.92. The Labute approximate surface area is 181 Å². The van der Waals surface area contributed by atoms with E-state index in [1.807, 2.05) is 0 Å². The zero-order chi connectivity index (χ0) is 23.4. The summed E-state index contributed by atoms with van der Waals surface area (Å²) in [7, 11) is 1.49. The van der Waals surface area contributed by atoms with E-state index in [-0.39, 0.29) is 36.1 Å². The van der Waals surface area contributed by atoms with Crippen LogP contribution in [-0.4, -0.2) is 55.1 Å². The van der Waals surface area contributed by atoms with E-state index in [0.717, 1.165) is 9.25 Å². The number of rotatable bonds is 2. The number of hydrogen-bond acceptors (Lipinski definition) is 6. The van der Waals surface area contributed by atoms with Crippen LogP contribution in [0, 0.1) is 11.2 Å². The Hall–Kier alpha value is -3.53. The predicted octanol–water partition coefficient (Wildman–Crippen LogP) is 0.924. The van der Waals surface area contributed by atoms with Gasteiger partial charge in [0.1, 0.15) is 16.9 Å². The van der Waals surface area contributed by atoms with Gasteiger partial charge in [-0.15, -0.1) is 0 Å². The van der Waals surface area contributed by atoms with Crippen molar-refractivity contribution < 1.29 is 19.4 Å². The lowest BCUT2D eigenvalue weighted by Crippen LogP contribution is -2.49. The number of fused-ring (bicyclic) bond motifs is 3. The molecule has 2 N–H and O–H groups in total. The van der Waals surface area contributed by atoms with Crippen LogP contribution in [0.5, 0.6) is 5.75 Å². The second-order valence-corrected chi connectivity index (χ2v) is 8.80. The molecule has 9 nitrogen and oxygen atoms in total. The Bertz CT molecular complexity index is 1340. The van der Waals surface area contributed by atoms with Gasteiger partial charge in [0.05, 0.1) is 18.8 Å². The molecule has 0 radical (unpaired) electrons. The zero-order valence-electron chi connectivity index (χ0n) is 17.9. The second-order valence-electron chi connectivity index (χ2n) is 8.80. The van der Waals surface area contributed by atoms with Crippen LogP contribution in [-0.2, 0) is 13.1 Å². The molecular weight excluding hydrogens is 419 g/mol. The third-order valence-corrected chi connectivity index (χ3v) is 5.96. The smallest absolute Gasteiger partial charge is 0.294 e. The second kappa shape index (κ2) is 7.56. The fourth-order valence-electron chi connectivity index (χ4n) is 3.92. The van der Waals surface area contributed by atoms with Gasteiger partial charge in [-0.25, -0.2) is 9.07 Å². The summed E-state index contributed by atoms with van der Waals surface area (Å²) in [5, 5.41) is 25.0. The molecule has 1 aliphatic heterocycles. The van der Waals surface area contributed by atoms with Gasteiger partial charge in [0.25, 0.3) is 17.0 Å². The summed E-state index contributed by atoms with van der Waals surface area (Å²) in [6, 6.07) is 5.49. The van der Waals surface area contributed by atoms with Crippen molar-refractivity contribution in [2.24, 2.45) is 5.41 Å². The number of likely N-dealkylation sites (N-methyl/N-ethyl adjacent to an activating group) is 1. The molecule has 1 amide bonds. The minimum atomic E-state index is -0.906. The van der Waals surface area contributed by atoms with Crippen LogP contribution in [0.15, 0.2) is 40.1 Å². The van der Waals surface area contributed by atoms with Gasteiger partial charge in [0.2, 0.25) is 0 Å². The number of benzene rings is 1. The fraction of sp³-hybridized carbons (Fsp3) is 0.364. The summed E-state index contributed by atoms with van der Waals surface area (Å²) >= 11 is 0. The molecule has 0 spiro atoms. The Morgan fingerprint density at radius 2 is 1.81 bits per heavy atom. The molecule has 1 aliphatic rings. The number of aliphatic hydroxyl groups is 1. The highest BCUT2D eigenvalue weighted by Crippen LogP contribution is 2.30. The van der Waals surface area contributed by atoms with E-state index >= 15 is 0 Å². The lowest BCUT2D eigenvalue weighted by molar-refractivity contribution is 0.00699. The maximum atomic E-state index is 13.2. The number of hydrogen-bond donors (Lipinski definition) is 2. The molecule has 0 fully saturated rings. The molecule has 0 saturated carbocycles. The Balaban J connectivity index is 1.97. The molecule has 1 atom stereocenters. The monoisotopic (exact) mass is 442 g/mol. The van der Waals surface area contributed by atoms with Crippen LogP contribution in [0.25, 0.3) is 10.8 Å². The number of halogens is 1. The molecule has 3 heterocycles. The van der Waals surface area contributed by atoms with Crippen LogP contribution in [0.2, 0.25) is 0 Å². The van der Waals surface area contributed by atoms with Crippen molar-refractivity contribution in [1.29, 1.82) is 0 Å². The number of β-amino-alcohol motifs (C(OH)–C–C–N with tert-alkyl or cyclic N) is 1. The van der Waals surface area contributed by atoms with Crippen molar-refractivity contribution in [3.63, 3.8) is 0 Å². The van der Waals surface area contributed by atoms with Gasteiger partial charge in [-0.3, -0.25) is 19.0 Å². The lowest BCUT2D eigenvalue weighted by Gasteiger charge is -2.37. The van der Waals surface area contributed by atoms with E-state index < -0.39 is 40.1 Å².